The Hall–Kier alpha value is -2.48. The molecule has 0 aliphatic rings. The third-order valence-corrected chi connectivity index (χ3v) is 3.07. The maximum Gasteiger partial charge on any atom is 0.250 e. The van der Waals surface area contributed by atoms with Crippen LogP contribution in [-0.4, -0.2) is 20.3 Å². The van der Waals surface area contributed by atoms with Crippen molar-refractivity contribution in [3.05, 3.63) is 46.8 Å². The lowest BCUT2D eigenvalue weighted by atomic mass is 10.3. The monoisotopic (exact) mass is 346 g/mol. The van der Waals surface area contributed by atoms with E-state index in [2.05, 4.69) is 46.9 Å². The number of hydrogen-bond acceptors (Lipinski definition) is 7. The summed E-state index contributed by atoms with van der Waals surface area (Å²) in [7, 11) is 0. The molecule has 0 aliphatic heterocycles. The van der Waals surface area contributed by atoms with E-state index in [0.717, 1.165) is 10.2 Å². The Morgan fingerprint density at radius 1 is 1.10 bits per heavy atom. The van der Waals surface area contributed by atoms with E-state index in [1.807, 2.05) is 31.2 Å². The molecule has 0 saturated carbocycles. The van der Waals surface area contributed by atoms with Gasteiger partial charge in [0.25, 0.3) is 0 Å². The molecular weight excluding hydrogens is 336 g/mol. The van der Waals surface area contributed by atoms with E-state index in [9.17, 15) is 0 Å². The number of anilines is 4. The first-order valence-electron chi connectivity index (χ1n) is 6.12. The van der Waals surface area contributed by atoms with E-state index < -0.39 is 0 Å². The molecule has 0 amide bonds. The first-order valence-corrected chi connectivity index (χ1v) is 6.91. The molecule has 0 aliphatic carbocycles. The van der Waals surface area contributed by atoms with Crippen LogP contribution >= 0.6 is 15.9 Å². The Morgan fingerprint density at radius 3 is 2.62 bits per heavy atom. The van der Waals surface area contributed by atoms with Crippen molar-refractivity contribution in [2.45, 2.75) is 6.92 Å². The van der Waals surface area contributed by atoms with Gasteiger partial charge in [0.1, 0.15) is 5.76 Å². The second kappa shape index (κ2) is 5.88. The van der Waals surface area contributed by atoms with Gasteiger partial charge in [-0.15, -0.1) is 5.10 Å². The highest BCUT2D eigenvalue weighted by Gasteiger charge is 2.05. The molecule has 0 unspecified atom stereocenters. The van der Waals surface area contributed by atoms with Crippen LogP contribution < -0.4 is 10.6 Å². The van der Waals surface area contributed by atoms with Crippen molar-refractivity contribution in [2.24, 2.45) is 0 Å². The van der Waals surface area contributed by atoms with Gasteiger partial charge in [0, 0.05) is 16.2 Å². The maximum absolute atomic E-state index is 4.97. The second-order valence-electron chi connectivity index (χ2n) is 4.24. The van der Waals surface area contributed by atoms with Gasteiger partial charge < -0.3 is 15.2 Å². The van der Waals surface area contributed by atoms with Crippen LogP contribution in [0.2, 0.25) is 0 Å². The average molecular weight is 347 g/mol. The minimum atomic E-state index is 0.338. The highest BCUT2D eigenvalue weighted by Crippen LogP contribution is 2.18. The van der Waals surface area contributed by atoms with Crippen molar-refractivity contribution >= 4 is 39.2 Å². The lowest BCUT2D eigenvalue weighted by molar-refractivity contribution is 0.400. The van der Waals surface area contributed by atoms with E-state index >= 15 is 0 Å². The summed E-state index contributed by atoms with van der Waals surface area (Å²) >= 11 is 3.39. The van der Waals surface area contributed by atoms with E-state index in [4.69, 9.17) is 4.52 Å². The van der Waals surface area contributed by atoms with Gasteiger partial charge in [0.2, 0.25) is 5.95 Å². The number of aromatic nitrogens is 4. The number of benzene rings is 1. The van der Waals surface area contributed by atoms with Crippen molar-refractivity contribution in [1.29, 1.82) is 0 Å². The summed E-state index contributed by atoms with van der Waals surface area (Å²) in [5, 5.41) is 17.7. The molecule has 0 spiro atoms. The summed E-state index contributed by atoms with van der Waals surface area (Å²) in [6, 6.07) is 9.49. The molecule has 7 nitrogen and oxygen atoms in total. The van der Waals surface area contributed by atoms with Gasteiger partial charge in [-0.2, -0.15) is 10.1 Å². The zero-order valence-corrected chi connectivity index (χ0v) is 12.6. The molecule has 1 aromatic carbocycles. The van der Waals surface area contributed by atoms with Gasteiger partial charge in [0.15, 0.2) is 11.6 Å². The van der Waals surface area contributed by atoms with E-state index in [-0.39, 0.29) is 0 Å². The van der Waals surface area contributed by atoms with Gasteiger partial charge >= 0.3 is 0 Å². The summed E-state index contributed by atoms with van der Waals surface area (Å²) in [5.41, 5.74) is 0.905. The van der Waals surface area contributed by atoms with Crippen molar-refractivity contribution in [3.63, 3.8) is 0 Å². The highest BCUT2D eigenvalue weighted by atomic mass is 79.9. The molecule has 0 bridgehead atoms. The first kappa shape index (κ1) is 13.5. The van der Waals surface area contributed by atoms with Gasteiger partial charge in [-0.25, -0.2) is 0 Å². The fraction of sp³-hybridized carbons (Fsp3) is 0.0769. The standard InChI is InChI=1S/C13H11BrN6O/c1-8-6-11(20-21-8)17-13-18-12(7-15-19-13)16-10-4-2-9(14)3-5-10/h2-7H,1H3,(H2,16,17,18,19,20). The van der Waals surface area contributed by atoms with Crippen LogP contribution in [0.25, 0.3) is 0 Å². The minimum absolute atomic E-state index is 0.338. The number of nitrogens with zero attached hydrogens (tertiary/aromatic N) is 4. The van der Waals surface area contributed by atoms with Gasteiger partial charge in [-0.1, -0.05) is 21.1 Å². The fourth-order valence-electron chi connectivity index (χ4n) is 1.64. The summed E-state index contributed by atoms with van der Waals surface area (Å²) in [6.07, 6.45) is 1.54. The lowest BCUT2D eigenvalue weighted by Gasteiger charge is -2.06. The predicted molar refractivity (Wildman–Crippen MR) is 81.8 cm³/mol. The maximum atomic E-state index is 4.97. The predicted octanol–water partition coefficient (Wildman–Crippen LogP) is 3.42. The molecule has 0 saturated heterocycles. The molecule has 106 valence electrons. The van der Waals surface area contributed by atoms with Crippen LogP contribution in [0.15, 0.2) is 45.5 Å². The van der Waals surface area contributed by atoms with Gasteiger partial charge in [-0.05, 0) is 31.2 Å². The Morgan fingerprint density at radius 2 is 1.90 bits per heavy atom. The van der Waals surface area contributed by atoms with Crippen LogP contribution in [0.4, 0.5) is 23.3 Å². The van der Waals surface area contributed by atoms with Crippen LogP contribution in [0.3, 0.4) is 0 Å². The molecule has 0 radical (unpaired) electrons. The SMILES string of the molecule is Cc1cc(Nc2nncc(Nc3ccc(Br)cc3)n2)no1. The second-order valence-corrected chi connectivity index (χ2v) is 5.16. The summed E-state index contributed by atoms with van der Waals surface area (Å²) in [4.78, 5) is 4.31. The Bertz CT molecular complexity index is 742. The molecule has 3 rings (SSSR count). The molecular formula is C13H11BrN6O. The normalized spacial score (nSPS) is 10.4. The van der Waals surface area contributed by atoms with E-state index in [0.29, 0.717) is 23.3 Å². The fourth-order valence-corrected chi connectivity index (χ4v) is 1.90. The largest absolute Gasteiger partial charge is 0.360 e. The van der Waals surface area contributed by atoms with Crippen molar-refractivity contribution in [2.75, 3.05) is 10.6 Å². The Kier molecular flexibility index (Phi) is 3.78. The quantitative estimate of drug-likeness (QED) is 0.747. The van der Waals surface area contributed by atoms with Gasteiger partial charge in [0.05, 0.1) is 6.20 Å². The molecule has 0 fully saturated rings. The Balaban J connectivity index is 1.75. The number of aryl methyl sites for hydroxylation is 1. The van der Waals surface area contributed by atoms with Crippen LogP contribution in [0, 0.1) is 6.92 Å². The molecule has 2 aromatic heterocycles. The number of hydrogen-bond donors (Lipinski definition) is 2. The molecule has 8 heteroatoms. The third-order valence-electron chi connectivity index (χ3n) is 2.54. The van der Waals surface area contributed by atoms with Crippen LogP contribution in [0.1, 0.15) is 5.76 Å². The molecule has 0 atom stereocenters. The van der Waals surface area contributed by atoms with E-state index in [1.54, 1.807) is 12.3 Å². The van der Waals surface area contributed by atoms with Crippen molar-refractivity contribution in [3.8, 4) is 0 Å². The lowest BCUT2D eigenvalue weighted by Crippen LogP contribution is -2.02. The van der Waals surface area contributed by atoms with Crippen LogP contribution in [0.5, 0.6) is 0 Å². The molecule has 3 aromatic rings. The average Bonchev–Trinajstić information content (AvgIpc) is 2.87. The highest BCUT2D eigenvalue weighted by molar-refractivity contribution is 9.10. The Labute approximate surface area is 128 Å². The summed E-state index contributed by atoms with van der Waals surface area (Å²) in [6.45, 7) is 1.81. The van der Waals surface area contributed by atoms with Crippen molar-refractivity contribution in [1.82, 2.24) is 20.3 Å². The van der Waals surface area contributed by atoms with Crippen molar-refractivity contribution < 1.29 is 4.52 Å². The zero-order chi connectivity index (χ0) is 14.7. The van der Waals surface area contributed by atoms with Crippen LogP contribution in [-0.2, 0) is 0 Å². The summed E-state index contributed by atoms with van der Waals surface area (Å²) in [5.74, 6) is 2.16. The molecule has 2 N–H and O–H groups in total. The molecule has 2 heterocycles. The van der Waals surface area contributed by atoms with Gasteiger partial charge in [-0.3, -0.25) is 0 Å². The zero-order valence-electron chi connectivity index (χ0n) is 11.0. The van der Waals surface area contributed by atoms with E-state index in [1.165, 1.54) is 0 Å². The third kappa shape index (κ3) is 3.54. The number of rotatable bonds is 4. The molecule has 21 heavy (non-hydrogen) atoms. The summed E-state index contributed by atoms with van der Waals surface area (Å²) < 4.78 is 5.98. The topological polar surface area (TPSA) is 88.8 Å². The minimum Gasteiger partial charge on any atom is -0.360 e. The smallest absolute Gasteiger partial charge is 0.250 e. The number of nitrogens with one attached hydrogen (secondary N) is 2. The first-order chi connectivity index (χ1) is 10.2. The number of halogens is 1.